The van der Waals surface area contributed by atoms with Crippen molar-refractivity contribution in [2.75, 3.05) is 11.1 Å². The molecule has 0 unspecified atom stereocenters. The van der Waals surface area contributed by atoms with Gasteiger partial charge in [0.25, 0.3) is 5.56 Å². The van der Waals surface area contributed by atoms with Crippen molar-refractivity contribution >= 4 is 28.0 Å². The summed E-state index contributed by atoms with van der Waals surface area (Å²) in [5.74, 6) is 0.124. The molecule has 0 saturated heterocycles. The zero-order chi connectivity index (χ0) is 18.1. The van der Waals surface area contributed by atoms with Gasteiger partial charge in [-0.05, 0) is 44.0 Å². The minimum Gasteiger partial charge on any atom is -0.384 e. The van der Waals surface area contributed by atoms with Crippen LogP contribution in [-0.2, 0) is 6.54 Å². The molecule has 0 atom stereocenters. The summed E-state index contributed by atoms with van der Waals surface area (Å²) in [4.78, 5) is 30.7. The Hall–Kier alpha value is -2.87. The highest BCUT2D eigenvalue weighted by Crippen LogP contribution is 2.28. The second-order valence-corrected chi connectivity index (χ2v) is 6.58. The van der Waals surface area contributed by atoms with E-state index >= 15 is 0 Å². The molecule has 25 heavy (non-hydrogen) atoms. The number of aromatic nitrogens is 3. The minimum absolute atomic E-state index is 0.124. The highest BCUT2D eigenvalue weighted by molar-refractivity contribution is 7.14. The molecule has 0 spiro atoms. The number of nitrogens with two attached hydrogens (primary N) is 1. The average Bonchev–Trinajstić information content (AvgIpc) is 2.99. The predicted octanol–water partition coefficient (Wildman–Crippen LogP) is 2.62. The van der Waals surface area contributed by atoms with Gasteiger partial charge in [0, 0.05) is 17.6 Å². The number of rotatable bonds is 4. The van der Waals surface area contributed by atoms with E-state index in [-0.39, 0.29) is 11.4 Å². The fourth-order valence-electron chi connectivity index (χ4n) is 2.54. The Balaban J connectivity index is 1.98. The van der Waals surface area contributed by atoms with Crippen molar-refractivity contribution in [2.24, 2.45) is 0 Å². The maximum absolute atomic E-state index is 12.2. The van der Waals surface area contributed by atoms with Gasteiger partial charge in [-0.15, -0.1) is 11.3 Å². The standard InChI is InChI=1S/C17H19N5O2S/c1-4-22-14(18)13(15(23)21-17(22)24)12-8-25-16(20-12)19-11-6-5-9(2)10(3)7-11/h5-8H,4,18H2,1-3H3,(H,19,20)(H,21,23,24). The molecular weight excluding hydrogens is 338 g/mol. The summed E-state index contributed by atoms with van der Waals surface area (Å²) in [6, 6.07) is 6.04. The van der Waals surface area contributed by atoms with E-state index in [1.54, 1.807) is 12.3 Å². The molecule has 7 nitrogen and oxygen atoms in total. The monoisotopic (exact) mass is 357 g/mol. The van der Waals surface area contributed by atoms with Crippen LogP contribution in [0, 0.1) is 13.8 Å². The maximum Gasteiger partial charge on any atom is 0.329 e. The van der Waals surface area contributed by atoms with Crippen LogP contribution in [0.25, 0.3) is 11.3 Å². The second kappa shape index (κ2) is 6.56. The van der Waals surface area contributed by atoms with Crippen LogP contribution >= 0.6 is 11.3 Å². The van der Waals surface area contributed by atoms with Gasteiger partial charge in [0.2, 0.25) is 0 Å². The number of nitrogens with zero attached hydrogens (tertiary/aromatic N) is 2. The van der Waals surface area contributed by atoms with E-state index in [1.165, 1.54) is 27.0 Å². The normalized spacial score (nSPS) is 10.8. The second-order valence-electron chi connectivity index (χ2n) is 5.73. The highest BCUT2D eigenvalue weighted by Gasteiger charge is 2.16. The summed E-state index contributed by atoms with van der Waals surface area (Å²) >= 11 is 1.37. The molecule has 4 N–H and O–H groups in total. The number of aromatic amines is 1. The SMILES string of the molecule is CCn1c(N)c(-c2csc(Nc3ccc(C)c(C)c3)n2)c(=O)[nH]c1=O. The smallest absolute Gasteiger partial charge is 0.329 e. The Labute approximate surface area is 148 Å². The Morgan fingerprint density at radius 1 is 1.28 bits per heavy atom. The van der Waals surface area contributed by atoms with Gasteiger partial charge in [-0.3, -0.25) is 14.3 Å². The molecule has 0 fully saturated rings. The van der Waals surface area contributed by atoms with E-state index in [1.807, 2.05) is 25.1 Å². The fraction of sp³-hybridized carbons (Fsp3) is 0.235. The van der Waals surface area contributed by atoms with Gasteiger partial charge in [-0.25, -0.2) is 9.78 Å². The summed E-state index contributed by atoms with van der Waals surface area (Å²) in [5.41, 5.74) is 8.93. The van der Waals surface area contributed by atoms with Crippen LogP contribution in [0.15, 0.2) is 33.2 Å². The van der Waals surface area contributed by atoms with Gasteiger partial charge in [-0.1, -0.05) is 6.07 Å². The molecule has 0 saturated carbocycles. The van der Waals surface area contributed by atoms with E-state index < -0.39 is 11.2 Å². The first kappa shape index (κ1) is 17.0. The van der Waals surface area contributed by atoms with Crippen molar-refractivity contribution in [3.63, 3.8) is 0 Å². The predicted molar refractivity (Wildman–Crippen MR) is 102 cm³/mol. The van der Waals surface area contributed by atoms with Gasteiger partial charge >= 0.3 is 5.69 Å². The molecule has 2 aromatic heterocycles. The number of nitrogen functional groups attached to an aromatic ring is 1. The van der Waals surface area contributed by atoms with Crippen LogP contribution in [0.4, 0.5) is 16.6 Å². The first-order chi connectivity index (χ1) is 11.9. The summed E-state index contributed by atoms with van der Waals surface area (Å²) in [5, 5.41) is 5.62. The first-order valence-corrected chi connectivity index (χ1v) is 8.71. The number of thiazole rings is 1. The van der Waals surface area contributed by atoms with E-state index in [4.69, 9.17) is 5.73 Å². The van der Waals surface area contributed by atoms with E-state index in [2.05, 4.69) is 22.2 Å². The van der Waals surface area contributed by atoms with Crippen molar-refractivity contribution in [3.8, 4) is 11.3 Å². The largest absolute Gasteiger partial charge is 0.384 e. The molecule has 3 aromatic rings. The minimum atomic E-state index is -0.532. The lowest BCUT2D eigenvalue weighted by molar-refractivity contribution is 0.706. The topological polar surface area (TPSA) is 106 Å². The Bertz CT molecular complexity index is 1050. The maximum atomic E-state index is 12.2. The van der Waals surface area contributed by atoms with E-state index in [0.29, 0.717) is 17.4 Å². The molecule has 0 aliphatic heterocycles. The van der Waals surface area contributed by atoms with Crippen LogP contribution in [0.3, 0.4) is 0 Å². The number of anilines is 3. The molecule has 1 aromatic carbocycles. The van der Waals surface area contributed by atoms with Crippen LogP contribution in [-0.4, -0.2) is 14.5 Å². The Morgan fingerprint density at radius 2 is 2.04 bits per heavy atom. The van der Waals surface area contributed by atoms with Crippen LogP contribution in [0.1, 0.15) is 18.1 Å². The third-order valence-electron chi connectivity index (χ3n) is 4.07. The molecule has 0 amide bonds. The summed E-state index contributed by atoms with van der Waals surface area (Å²) in [7, 11) is 0. The Morgan fingerprint density at radius 3 is 2.72 bits per heavy atom. The lowest BCUT2D eigenvalue weighted by Gasteiger charge is -2.09. The fourth-order valence-corrected chi connectivity index (χ4v) is 3.26. The molecule has 0 radical (unpaired) electrons. The van der Waals surface area contributed by atoms with Crippen molar-refractivity contribution < 1.29 is 0 Å². The third-order valence-corrected chi connectivity index (χ3v) is 4.83. The summed E-state index contributed by atoms with van der Waals surface area (Å²) < 4.78 is 1.31. The van der Waals surface area contributed by atoms with Gasteiger partial charge < -0.3 is 11.1 Å². The molecule has 0 bridgehead atoms. The molecule has 0 aliphatic carbocycles. The van der Waals surface area contributed by atoms with Crippen molar-refractivity contribution in [1.29, 1.82) is 0 Å². The highest BCUT2D eigenvalue weighted by atomic mass is 32.1. The van der Waals surface area contributed by atoms with Gasteiger partial charge in [-0.2, -0.15) is 0 Å². The zero-order valence-corrected chi connectivity index (χ0v) is 15.0. The Kier molecular flexibility index (Phi) is 4.45. The van der Waals surface area contributed by atoms with Crippen LogP contribution in [0.2, 0.25) is 0 Å². The summed E-state index contributed by atoms with van der Waals surface area (Å²) in [6.45, 7) is 6.25. The van der Waals surface area contributed by atoms with Gasteiger partial charge in [0.05, 0.1) is 5.69 Å². The number of H-pyrrole nitrogens is 1. The molecule has 130 valence electrons. The van der Waals surface area contributed by atoms with E-state index in [9.17, 15) is 9.59 Å². The number of aryl methyl sites for hydroxylation is 2. The molecule has 8 heteroatoms. The number of hydrogen-bond acceptors (Lipinski definition) is 6. The lowest BCUT2D eigenvalue weighted by Crippen LogP contribution is -2.32. The average molecular weight is 357 g/mol. The lowest BCUT2D eigenvalue weighted by atomic mass is 10.1. The zero-order valence-electron chi connectivity index (χ0n) is 14.2. The number of hydrogen-bond donors (Lipinski definition) is 3. The quantitative estimate of drug-likeness (QED) is 0.665. The molecule has 0 aliphatic rings. The van der Waals surface area contributed by atoms with Gasteiger partial charge in [0.1, 0.15) is 11.4 Å². The van der Waals surface area contributed by atoms with Crippen molar-refractivity contribution in [2.45, 2.75) is 27.3 Å². The van der Waals surface area contributed by atoms with E-state index in [0.717, 1.165) is 5.69 Å². The van der Waals surface area contributed by atoms with Gasteiger partial charge in [0.15, 0.2) is 5.13 Å². The number of benzene rings is 1. The van der Waals surface area contributed by atoms with Crippen LogP contribution < -0.4 is 22.3 Å². The molecule has 2 heterocycles. The molecule has 3 rings (SSSR count). The van der Waals surface area contributed by atoms with Crippen LogP contribution in [0.5, 0.6) is 0 Å². The summed E-state index contributed by atoms with van der Waals surface area (Å²) in [6.07, 6.45) is 0. The third kappa shape index (κ3) is 3.20. The number of nitrogens with one attached hydrogen (secondary N) is 2. The van der Waals surface area contributed by atoms with Crippen molar-refractivity contribution in [3.05, 3.63) is 55.5 Å². The first-order valence-electron chi connectivity index (χ1n) is 7.83. The molecular formula is C17H19N5O2S. The van der Waals surface area contributed by atoms with Crippen molar-refractivity contribution in [1.82, 2.24) is 14.5 Å².